The van der Waals surface area contributed by atoms with Crippen LogP contribution >= 0.6 is 0 Å². The Balaban J connectivity index is 1.66. The molecule has 1 aliphatic heterocycles. The Kier molecular flexibility index (Phi) is 4.81. The minimum atomic E-state index is -2.58. The Hall–Kier alpha value is -1.62. The number of likely N-dealkylation sites (tertiary alicyclic amines) is 1. The zero-order chi connectivity index (χ0) is 17.3. The van der Waals surface area contributed by atoms with Crippen molar-refractivity contribution >= 4 is 10.9 Å². The van der Waals surface area contributed by atoms with E-state index in [-0.39, 0.29) is 19.1 Å². The van der Waals surface area contributed by atoms with Gasteiger partial charge in [0.25, 0.3) is 5.92 Å². The van der Waals surface area contributed by atoms with Gasteiger partial charge in [-0.3, -0.25) is 4.90 Å². The molecule has 0 unspecified atom stereocenters. The molecule has 3 rings (SSSR count). The molecule has 1 aromatic carbocycles. The van der Waals surface area contributed by atoms with E-state index in [2.05, 4.69) is 24.9 Å². The SMILES string of the molecule is CCC(F)(F)CN1CCC(Oc2c(C)cc(C)c3[nH]ccc23)CC1. The summed E-state index contributed by atoms with van der Waals surface area (Å²) in [6, 6.07) is 4.17. The molecular formula is C19H26F2N2O. The second-order valence-electron chi connectivity index (χ2n) is 6.91. The average Bonchev–Trinajstić information content (AvgIpc) is 3.03. The molecule has 3 nitrogen and oxygen atoms in total. The molecule has 1 saturated heterocycles. The highest BCUT2D eigenvalue weighted by atomic mass is 19.3. The number of aryl methyl sites for hydroxylation is 2. The zero-order valence-corrected chi connectivity index (χ0v) is 14.7. The standard InChI is InChI=1S/C19H26F2N2O/c1-4-19(20,21)12-23-9-6-15(7-10-23)24-18-14(3)11-13(2)17-16(18)5-8-22-17/h5,8,11,15,22H,4,6-7,9-10,12H2,1-3H3. The highest BCUT2D eigenvalue weighted by Crippen LogP contribution is 2.33. The van der Waals surface area contributed by atoms with E-state index < -0.39 is 5.92 Å². The van der Waals surface area contributed by atoms with Crippen LogP contribution in [0.4, 0.5) is 8.78 Å². The number of piperidine rings is 1. The van der Waals surface area contributed by atoms with Crippen LogP contribution in [0.5, 0.6) is 5.75 Å². The molecule has 0 bridgehead atoms. The van der Waals surface area contributed by atoms with Crippen molar-refractivity contribution in [2.45, 2.75) is 52.1 Å². The summed E-state index contributed by atoms with van der Waals surface area (Å²) >= 11 is 0. The van der Waals surface area contributed by atoms with Crippen LogP contribution in [-0.4, -0.2) is 41.5 Å². The van der Waals surface area contributed by atoms with Gasteiger partial charge in [-0.05, 0) is 43.9 Å². The number of nitrogens with zero attached hydrogens (tertiary/aromatic N) is 1. The van der Waals surface area contributed by atoms with Gasteiger partial charge in [-0.25, -0.2) is 8.78 Å². The van der Waals surface area contributed by atoms with Crippen LogP contribution < -0.4 is 4.74 Å². The smallest absolute Gasteiger partial charge is 0.260 e. The maximum atomic E-state index is 13.5. The van der Waals surface area contributed by atoms with E-state index in [1.54, 1.807) is 0 Å². The summed E-state index contributed by atoms with van der Waals surface area (Å²) in [5, 5.41) is 1.10. The molecule has 1 fully saturated rings. The van der Waals surface area contributed by atoms with Gasteiger partial charge in [0.2, 0.25) is 0 Å². The van der Waals surface area contributed by atoms with Crippen LogP contribution in [0.2, 0.25) is 0 Å². The Morgan fingerprint density at radius 1 is 1.25 bits per heavy atom. The fourth-order valence-electron chi connectivity index (χ4n) is 3.51. The molecular weight excluding hydrogens is 310 g/mol. The van der Waals surface area contributed by atoms with Crippen LogP contribution in [0, 0.1) is 13.8 Å². The first-order valence-corrected chi connectivity index (χ1v) is 8.74. The first-order chi connectivity index (χ1) is 11.4. The molecule has 2 aromatic rings. The molecule has 2 heterocycles. The summed E-state index contributed by atoms with van der Waals surface area (Å²) in [4.78, 5) is 5.12. The van der Waals surface area contributed by atoms with Gasteiger partial charge in [0.15, 0.2) is 0 Å². The minimum Gasteiger partial charge on any atom is -0.489 e. The van der Waals surface area contributed by atoms with Gasteiger partial charge >= 0.3 is 0 Å². The molecule has 5 heteroatoms. The van der Waals surface area contributed by atoms with E-state index in [4.69, 9.17) is 4.74 Å². The van der Waals surface area contributed by atoms with Crippen molar-refractivity contribution in [2.24, 2.45) is 0 Å². The van der Waals surface area contributed by atoms with E-state index in [1.165, 1.54) is 12.5 Å². The largest absolute Gasteiger partial charge is 0.489 e. The third-order valence-corrected chi connectivity index (χ3v) is 4.97. The number of H-pyrrole nitrogens is 1. The second-order valence-corrected chi connectivity index (χ2v) is 6.91. The van der Waals surface area contributed by atoms with Crippen molar-refractivity contribution < 1.29 is 13.5 Å². The predicted octanol–water partition coefficient (Wildman–Crippen LogP) is 4.67. The van der Waals surface area contributed by atoms with Gasteiger partial charge in [0, 0.05) is 31.1 Å². The molecule has 0 saturated carbocycles. The number of aromatic amines is 1. The fourth-order valence-corrected chi connectivity index (χ4v) is 3.51. The molecule has 0 radical (unpaired) electrons. The highest BCUT2D eigenvalue weighted by molar-refractivity contribution is 5.89. The van der Waals surface area contributed by atoms with Crippen LogP contribution in [-0.2, 0) is 0 Å². The van der Waals surface area contributed by atoms with Crippen molar-refractivity contribution in [1.82, 2.24) is 9.88 Å². The zero-order valence-electron chi connectivity index (χ0n) is 14.7. The summed E-state index contributed by atoms with van der Waals surface area (Å²) in [7, 11) is 0. The van der Waals surface area contributed by atoms with Gasteiger partial charge in [0.1, 0.15) is 11.9 Å². The van der Waals surface area contributed by atoms with E-state index in [1.807, 2.05) is 17.2 Å². The quantitative estimate of drug-likeness (QED) is 0.859. The predicted molar refractivity (Wildman–Crippen MR) is 93.1 cm³/mol. The lowest BCUT2D eigenvalue weighted by atomic mass is 10.0. The number of hydrogen-bond acceptors (Lipinski definition) is 2. The van der Waals surface area contributed by atoms with Gasteiger partial charge in [-0.15, -0.1) is 0 Å². The Bertz CT molecular complexity index is 703. The van der Waals surface area contributed by atoms with E-state index in [0.717, 1.165) is 35.1 Å². The van der Waals surface area contributed by atoms with Crippen molar-refractivity contribution in [3.05, 3.63) is 29.5 Å². The Morgan fingerprint density at radius 3 is 2.62 bits per heavy atom. The first-order valence-electron chi connectivity index (χ1n) is 8.74. The van der Waals surface area contributed by atoms with Gasteiger partial charge in [-0.1, -0.05) is 13.0 Å². The van der Waals surface area contributed by atoms with E-state index in [0.29, 0.717) is 13.1 Å². The molecule has 1 N–H and O–H groups in total. The molecule has 0 aliphatic carbocycles. The molecule has 0 atom stereocenters. The number of hydrogen-bond donors (Lipinski definition) is 1. The van der Waals surface area contributed by atoms with Crippen molar-refractivity contribution in [3.8, 4) is 5.75 Å². The lowest BCUT2D eigenvalue weighted by Crippen LogP contribution is -2.44. The van der Waals surface area contributed by atoms with Crippen LogP contribution in [0.1, 0.15) is 37.3 Å². The molecule has 0 spiro atoms. The molecule has 132 valence electrons. The summed E-state index contributed by atoms with van der Waals surface area (Å²) in [5.41, 5.74) is 3.44. The normalized spacial score (nSPS) is 17.5. The monoisotopic (exact) mass is 336 g/mol. The summed E-state index contributed by atoms with van der Waals surface area (Å²) in [6.45, 7) is 6.89. The lowest BCUT2D eigenvalue weighted by Gasteiger charge is -2.34. The lowest BCUT2D eigenvalue weighted by molar-refractivity contribution is -0.0454. The van der Waals surface area contributed by atoms with Gasteiger partial charge in [0.05, 0.1) is 12.1 Å². The van der Waals surface area contributed by atoms with Crippen molar-refractivity contribution in [3.63, 3.8) is 0 Å². The molecule has 1 aromatic heterocycles. The van der Waals surface area contributed by atoms with Crippen LogP contribution in [0.15, 0.2) is 18.3 Å². The van der Waals surface area contributed by atoms with Crippen molar-refractivity contribution in [1.29, 1.82) is 0 Å². The van der Waals surface area contributed by atoms with Gasteiger partial charge < -0.3 is 9.72 Å². The Morgan fingerprint density at radius 2 is 1.96 bits per heavy atom. The summed E-state index contributed by atoms with van der Waals surface area (Å²) in [6.07, 6.45) is 3.51. The topological polar surface area (TPSA) is 28.3 Å². The molecule has 24 heavy (non-hydrogen) atoms. The number of fused-ring (bicyclic) bond motifs is 1. The number of ether oxygens (including phenoxy) is 1. The second kappa shape index (κ2) is 6.71. The number of nitrogens with one attached hydrogen (secondary N) is 1. The molecule has 0 amide bonds. The van der Waals surface area contributed by atoms with Crippen molar-refractivity contribution in [2.75, 3.05) is 19.6 Å². The molecule has 1 aliphatic rings. The number of alkyl halides is 2. The van der Waals surface area contributed by atoms with Gasteiger partial charge in [-0.2, -0.15) is 0 Å². The minimum absolute atomic E-state index is 0.0935. The van der Waals surface area contributed by atoms with E-state index in [9.17, 15) is 8.78 Å². The third kappa shape index (κ3) is 3.56. The number of halogens is 2. The Labute approximate surface area is 142 Å². The maximum absolute atomic E-state index is 13.5. The first kappa shape index (κ1) is 17.2. The maximum Gasteiger partial charge on any atom is 0.260 e. The summed E-state index contributed by atoms with van der Waals surface area (Å²) in [5.74, 6) is -1.66. The fraction of sp³-hybridized carbons (Fsp3) is 0.579. The number of aromatic nitrogens is 1. The summed E-state index contributed by atoms with van der Waals surface area (Å²) < 4.78 is 33.4. The number of benzene rings is 1. The van der Waals surface area contributed by atoms with Crippen LogP contribution in [0.25, 0.3) is 10.9 Å². The number of rotatable bonds is 5. The van der Waals surface area contributed by atoms with Crippen LogP contribution in [0.3, 0.4) is 0 Å². The van der Waals surface area contributed by atoms with E-state index >= 15 is 0 Å². The third-order valence-electron chi connectivity index (χ3n) is 4.97. The average molecular weight is 336 g/mol. The highest BCUT2D eigenvalue weighted by Gasteiger charge is 2.32.